The molecule has 3 N–H and O–H groups in total. The number of aliphatic hydroxyl groups is 1. The maximum absolute atomic E-state index is 12.0. The summed E-state index contributed by atoms with van der Waals surface area (Å²) >= 11 is 0. The van der Waals surface area contributed by atoms with Gasteiger partial charge in [-0.2, -0.15) is 5.26 Å². The number of rotatable bonds is 2. The second-order valence-corrected chi connectivity index (χ2v) is 4.52. The zero-order chi connectivity index (χ0) is 14.7. The number of aliphatic hydroxyl groups excluding tert-OH is 1. The van der Waals surface area contributed by atoms with E-state index in [4.69, 9.17) is 10.4 Å². The predicted molar refractivity (Wildman–Crippen MR) is 68.9 cm³/mol. The van der Waals surface area contributed by atoms with Gasteiger partial charge in [-0.15, -0.1) is 0 Å². The van der Waals surface area contributed by atoms with Gasteiger partial charge in [-0.1, -0.05) is 0 Å². The van der Waals surface area contributed by atoms with Crippen molar-refractivity contribution >= 4 is 17.7 Å². The number of β-amino-alcohol motifs (C(OH)–C–C–N with tert-alkyl or cyclic N) is 1. The average molecular weight is 275 g/mol. The molecule has 7 nitrogen and oxygen atoms in total. The number of benzene rings is 1. The fraction of sp³-hybridized carbons (Fsp3) is 0.308. The minimum atomic E-state index is -1.14. The van der Waals surface area contributed by atoms with Crippen molar-refractivity contribution in [3.63, 3.8) is 0 Å². The van der Waals surface area contributed by atoms with E-state index in [1.54, 1.807) is 24.3 Å². The van der Waals surface area contributed by atoms with Crippen LogP contribution in [-0.2, 0) is 4.79 Å². The summed E-state index contributed by atoms with van der Waals surface area (Å²) in [6.07, 6.45) is -0.807. The molecule has 1 aliphatic rings. The van der Waals surface area contributed by atoms with Crippen LogP contribution in [0.15, 0.2) is 24.3 Å². The van der Waals surface area contributed by atoms with Crippen LogP contribution in [0.25, 0.3) is 0 Å². The summed E-state index contributed by atoms with van der Waals surface area (Å²) in [5, 5.41) is 29.7. The minimum absolute atomic E-state index is 0.0148. The number of carboxylic acids is 1. The molecule has 0 aliphatic carbocycles. The van der Waals surface area contributed by atoms with Crippen molar-refractivity contribution in [3.8, 4) is 6.07 Å². The number of nitrogens with one attached hydrogen (secondary N) is 1. The Morgan fingerprint density at radius 3 is 2.55 bits per heavy atom. The summed E-state index contributed by atoms with van der Waals surface area (Å²) in [5.74, 6) is -1.14. The monoisotopic (exact) mass is 275 g/mol. The molecular formula is C13H13N3O4. The van der Waals surface area contributed by atoms with Crippen LogP contribution >= 0.6 is 0 Å². The summed E-state index contributed by atoms with van der Waals surface area (Å²) in [4.78, 5) is 24.1. The first kappa shape index (κ1) is 13.8. The molecule has 2 unspecified atom stereocenters. The van der Waals surface area contributed by atoms with Gasteiger partial charge >= 0.3 is 12.0 Å². The summed E-state index contributed by atoms with van der Waals surface area (Å²) in [6.45, 7) is -0.0148. The molecule has 0 spiro atoms. The number of aliphatic carboxylic acids is 1. The number of amides is 2. The van der Waals surface area contributed by atoms with E-state index in [-0.39, 0.29) is 13.0 Å². The zero-order valence-electron chi connectivity index (χ0n) is 10.5. The van der Waals surface area contributed by atoms with Crippen molar-refractivity contribution < 1.29 is 19.8 Å². The molecule has 0 bridgehead atoms. The number of anilines is 1. The van der Waals surface area contributed by atoms with Crippen molar-refractivity contribution in [3.05, 3.63) is 29.8 Å². The van der Waals surface area contributed by atoms with Crippen LogP contribution in [0.2, 0.25) is 0 Å². The number of hydrogen-bond acceptors (Lipinski definition) is 4. The first-order chi connectivity index (χ1) is 9.51. The molecule has 0 aromatic heterocycles. The fourth-order valence-electron chi connectivity index (χ4n) is 2.10. The number of carboxylic acid groups (broad SMARTS) is 1. The van der Waals surface area contributed by atoms with Crippen molar-refractivity contribution in [2.45, 2.75) is 18.6 Å². The minimum Gasteiger partial charge on any atom is -0.480 e. The molecule has 104 valence electrons. The molecule has 1 aromatic rings. The van der Waals surface area contributed by atoms with Gasteiger partial charge < -0.3 is 20.4 Å². The predicted octanol–water partition coefficient (Wildman–Crippen LogP) is 0.610. The fourth-order valence-corrected chi connectivity index (χ4v) is 2.10. The van der Waals surface area contributed by atoms with Crippen LogP contribution in [0.4, 0.5) is 10.5 Å². The van der Waals surface area contributed by atoms with Crippen molar-refractivity contribution in [1.29, 1.82) is 5.26 Å². The molecule has 20 heavy (non-hydrogen) atoms. The number of nitriles is 1. The van der Waals surface area contributed by atoms with Gasteiger partial charge in [-0.05, 0) is 24.3 Å². The highest BCUT2D eigenvalue weighted by molar-refractivity contribution is 5.92. The van der Waals surface area contributed by atoms with Gasteiger partial charge in [0.2, 0.25) is 0 Å². The largest absolute Gasteiger partial charge is 0.480 e. The van der Waals surface area contributed by atoms with Crippen LogP contribution in [0, 0.1) is 11.3 Å². The standard InChI is InChI=1S/C13H13N3O4/c14-6-8-1-3-9(4-2-8)15-13(20)16-7-10(17)5-11(16)12(18)19/h1-4,10-11,17H,5,7H2,(H,15,20)(H,18,19). The lowest BCUT2D eigenvalue weighted by Gasteiger charge is -2.21. The van der Waals surface area contributed by atoms with Gasteiger partial charge in [0.05, 0.1) is 17.7 Å². The first-order valence-electron chi connectivity index (χ1n) is 6.00. The normalized spacial score (nSPS) is 21.3. The lowest BCUT2D eigenvalue weighted by Crippen LogP contribution is -2.43. The van der Waals surface area contributed by atoms with E-state index in [0.29, 0.717) is 11.3 Å². The molecule has 1 fully saturated rings. The number of carbonyl (C=O) groups excluding carboxylic acids is 1. The Morgan fingerprint density at radius 2 is 2.00 bits per heavy atom. The number of nitrogens with zero attached hydrogens (tertiary/aromatic N) is 2. The molecular weight excluding hydrogens is 262 g/mol. The van der Waals surface area contributed by atoms with Gasteiger partial charge in [0.15, 0.2) is 0 Å². The SMILES string of the molecule is N#Cc1ccc(NC(=O)N2CC(O)CC2C(=O)O)cc1. The van der Waals surface area contributed by atoms with E-state index in [0.717, 1.165) is 4.90 Å². The third-order valence-electron chi connectivity index (χ3n) is 3.09. The molecule has 2 atom stereocenters. The topological polar surface area (TPSA) is 114 Å². The third kappa shape index (κ3) is 2.87. The number of urea groups is 1. The van der Waals surface area contributed by atoms with Crippen LogP contribution in [0.5, 0.6) is 0 Å². The molecule has 2 rings (SSSR count). The van der Waals surface area contributed by atoms with Gasteiger partial charge in [-0.3, -0.25) is 0 Å². The summed E-state index contributed by atoms with van der Waals surface area (Å²) in [6, 6.07) is 6.55. The highest BCUT2D eigenvalue weighted by Crippen LogP contribution is 2.20. The summed E-state index contributed by atoms with van der Waals surface area (Å²) in [7, 11) is 0. The first-order valence-corrected chi connectivity index (χ1v) is 6.00. The van der Waals surface area contributed by atoms with Crippen LogP contribution in [-0.4, -0.2) is 45.8 Å². The molecule has 7 heteroatoms. The van der Waals surface area contributed by atoms with E-state index in [9.17, 15) is 14.7 Å². The van der Waals surface area contributed by atoms with Gasteiger partial charge in [0, 0.05) is 18.7 Å². The molecule has 1 aromatic carbocycles. The Morgan fingerprint density at radius 1 is 1.35 bits per heavy atom. The Hall–Kier alpha value is -2.59. The van der Waals surface area contributed by atoms with Crippen LogP contribution < -0.4 is 5.32 Å². The quantitative estimate of drug-likeness (QED) is 0.731. The molecule has 1 aliphatic heterocycles. The Bertz CT molecular complexity index is 564. The molecule has 0 saturated carbocycles. The van der Waals surface area contributed by atoms with Crippen LogP contribution in [0.3, 0.4) is 0 Å². The average Bonchev–Trinajstić information content (AvgIpc) is 2.82. The smallest absolute Gasteiger partial charge is 0.326 e. The zero-order valence-corrected chi connectivity index (χ0v) is 10.5. The van der Waals surface area contributed by atoms with Crippen molar-refractivity contribution in [2.24, 2.45) is 0 Å². The van der Waals surface area contributed by atoms with E-state index >= 15 is 0 Å². The molecule has 1 saturated heterocycles. The summed E-state index contributed by atoms with van der Waals surface area (Å²) in [5.41, 5.74) is 0.919. The lowest BCUT2D eigenvalue weighted by atomic mass is 10.2. The van der Waals surface area contributed by atoms with E-state index < -0.39 is 24.1 Å². The van der Waals surface area contributed by atoms with Gasteiger partial charge in [0.1, 0.15) is 6.04 Å². The molecule has 0 radical (unpaired) electrons. The molecule has 2 amide bonds. The second kappa shape index (κ2) is 5.59. The number of hydrogen-bond donors (Lipinski definition) is 3. The molecule has 1 heterocycles. The van der Waals surface area contributed by atoms with E-state index in [2.05, 4.69) is 5.32 Å². The number of carbonyl (C=O) groups is 2. The third-order valence-corrected chi connectivity index (χ3v) is 3.09. The maximum Gasteiger partial charge on any atom is 0.326 e. The lowest BCUT2D eigenvalue weighted by molar-refractivity contribution is -0.141. The highest BCUT2D eigenvalue weighted by Gasteiger charge is 2.38. The number of likely N-dealkylation sites (tertiary alicyclic amines) is 1. The van der Waals surface area contributed by atoms with Gasteiger partial charge in [-0.25, -0.2) is 9.59 Å². The Labute approximate surface area is 115 Å². The van der Waals surface area contributed by atoms with E-state index in [1.807, 2.05) is 6.07 Å². The van der Waals surface area contributed by atoms with Crippen LogP contribution in [0.1, 0.15) is 12.0 Å². The van der Waals surface area contributed by atoms with Crippen molar-refractivity contribution in [1.82, 2.24) is 4.90 Å². The Balaban J connectivity index is 2.07. The maximum atomic E-state index is 12.0. The summed E-state index contributed by atoms with van der Waals surface area (Å²) < 4.78 is 0. The van der Waals surface area contributed by atoms with Crippen molar-refractivity contribution in [2.75, 3.05) is 11.9 Å². The second-order valence-electron chi connectivity index (χ2n) is 4.52. The van der Waals surface area contributed by atoms with E-state index in [1.165, 1.54) is 0 Å². The van der Waals surface area contributed by atoms with Gasteiger partial charge in [0.25, 0.3) is 0 Å². The highest BCUT2D eigenvalue weighted by atomic mass is 16.4. The Kier molecular flexibility index (Phi) is 3.86.